The molecule has 0 amide bonds. The van der Waals surface area contributed by atoms with Crippen LogP contribution in [0.2, 0.25) is 0 Å². The highest BCUT2D eigenvalue weighted by molar-refractivity contribution is 6.28. The summed E-state index contributed by atoms with van der Waals surface area (Å²) in [6, 6.07) is 7.08. The van der Waals surface area contributed by atoms with Gasteiger partial charge in [-0.3, -0.25) is 14.5 Å². The molecule has 0 fully saturated rings. The number of hydrogen-bond acceptors (Lipinski definition) is 4. The lowest BCUT2D eigenvalue weighted by atomic mass is 9.92. The average Bonchev–Trinajstić information content (AvgIpc) is 3.27. The van der Waals surface area contributed by atoms with Crippen LogP contribution in [0.5, 0.6) is 0 Å². The van der Waals surface area contributed by atoms with E-state index in [9.17, 15) is 43.0 Å². The molecule has 180 valence electrons. The van der Waals surface area contributed by atoms with Gasteiger partial charge in [0.05, 0.1) is 36.4 Å². The highest BCUT2D eigenvalue weighted by Gasteiger charge is 2.41. The maximum atomic E-state index is 14.9. The molecular formula is C26H2F5N8+. The summed E-state index contributed by atoms with van der Waals surface area (Å²) in [7, 11) is 0. The number of benzene rings is 3. The Morgan fingerprint density at radius 3 is 1.64 bits per heavy atom. The van der Waals surface area contributed by atoms with Gasteiger partial charge in [0.2, 0.25) is 40.5 Å². The molecule has 1 aliphatic carbocycles. The minimum atomic E-state index is -2.51. The number of halogens is 5. The fraction of sp³-hybridized carbons (Fsp3) is 0. The zero-order valence-corrected chi connectivity index (χ0v) is 18.6. The van der Waals surface area contributed by atoms with Gasteiger partial charge < -0.3 is 0 Å². The van der Waals surface area contributed by atoms with Crippen molar-refractivity contribution in [2.45, 2.75) is 0 Å². The number of hydrogen-bond donors (Lipinski definition) is 0. The number of rotatable bonds is 1. The number of fused-ring (bicyclic) bond motifs is 3. The normalized spacial score (nSPS) is 11.8. The standard InChI is InChI=1S/C26H2F5N8/c1-36-15-5-12-11-4-10(6-32)13(7-33)14(8-34)16(11)25(17(12)24(38-3)23(15)37-2)39(9-35)26-21(30)19(28)18(27)20(29)22(26)31/h4-5H/q+1. The molecule has 0 bridgehead atoms. The Morgan fingerprint density at radius 1 is 0.641 bits per heavy atom. The van der Waals surface area contributed by atoms with E-state index in [-0.39, 0.29) is 27.0 Å². The van der Waals surface area contributed by atoms with Gasteiger partial charge in [0.1, 0.15) is 23.9 Å². The van der Waals surface area contributed by atoms with Crippen molar-refractivity contribution in [3.63, 3.8) is 0 Å². The third-order valence-corrected chi connectivity index (χ3v) is 5.77. The molecule has 4 rings (SSSR count). The highest BCUT2D eigenvalue weighted by atomic mass is 19.2. The van der Waals surface area contributed by atoms with Gasteiger partial charge in [-0.1, -0.05) is 6.07 Å². The minimum absolute atomic E-state index is 0.0467. The van der Waals surface area contributed by atoms with Gasteiger partial charge in [-0.15, -0.1) is 4.58 Å². The summed E-state index contributed by atoms with van der Waals surface area (Å²) in [4.78, 5) is 9.57. The van der Waals surface area contributed by atoms with Crippen LogP contribution in [0.1, 0.15) is 27.8 Å². The molecule has 8 nitrogen and oxygen atoms in total. The van der Waals surface area contributed by atoms with E-state index in [1.54, 1.807) is 18.2 Å². The molecule has 39 heavy (non-hydrogen) atoms. The van der Waals surface area contributed by atoms with Crippen molar-refractivity contribution < 1.29 is 26.5 Å². The third-order valence-electron chi connectivity index (χ3n) is 5.77. The fourth-order valence-electron chi connectivity index (χ4n) is 4.21. The van der Waals surface area contributed by atoms with Crippen LogP contribution in [-0.4, -0.2) is 10.3 Å². The molecule has 0 unspecified atom stereocenters. The Kier molecular flexibility index (Phi) is 5.97. The van der Waals surface area contributed by atoms with Gasteiger partial charge in [-0.05, 0) is 17.2 Å². The first kappa shape index (κ1) is 25.5. The molecular weight excluding hydrogens is 519 g/mol. The van der Waals surface area contributed by atoms with Gasteiger partial charge in [-0.25, -0.2) is 13.2 Å². The molecule has 0 aliphatic heterocycles. The quantitative estimate of drug-likeness (QED) is 0.0557. The van der Waals surface area contributed by atoms with Crippen LogP contribution in [0, 0.1) is 94.3 Å². The predicted octanol–water partition coefficient (Wildman–Crippen LogP) is 6.29. The lowest BCUT2D eigenvalue weighted by Gasteiger charge is -2.11. The molecule has 0 heterocycles. The molecule has 0 saturated heterocycles. The molecule has 0 saturated carbocycles. The molecule has 0 spiro atoms. The Morgan fingerprint density at radius 2 is 1.18 bits per heavy atom. The van der Waals surface area contributed by atoms with Crippen LogP contribution in [0.15, 0.2) is 12.1 Å². The summed E-state index contributed by atoms with van der Waals surface area (Å²) in [5.74, 6) is -12.1. The maximum absolute atomic E-state index is 14.9. The van der Waals surface area contributed by atoms with E-state index >= 15 is 0 Å². The number of nitrogens with zero attached hydrogens (tertiary/aromatic N) is 8. The van der Waals surface area contributed by atoms with Gasteiger partial charge in [0.15, 0.2) is 16.6 Å². The van der Waals surface area contributed by atoms with E-state index in [1.165, 1.54) is 6.19 Å². The van der Waals surface area contributed by atoms with Crippen molar-refractivity contribution >= 4 is 28.5 Å². The zero-order chi connectivity index (χ0) is 28.8. The third kappa shape index (κ3) is 3.25. The van der Waals surface area contributed by atoms with Crippen LogP contribution in [-0.2, 0) is 0 Å². The highest BCUT2D eigenvalue weighted by Crippen LogP contribution is 2.52. The van der Waals surface area contributed by atoms with Crippen molar-refractivity contribution in [1.29, 1.82) is 21.0 Å². The monoisotopic (exact) mass is 521 g/mol. The smallest absolute Gasteiger partial charge is 0.262 e. The van der Waals surface area contributed by atoms with E-state index in [4.69, 9.17) is 19.7 Å². The Hall–Kier alpha value is -6.59. The second-order valence-electron chi connectivity index (χ2n) is 7.49. The van der Waals surface area contributed by atoms with Crippen molar-refractivity contribution in [3.8, 4) is 35.5 Å². The summed E-state index contributed by atoms with van der Waals surface area (Å²) in [5, 5.41) is 39.1. The lowest BCUT2D eigenvalue weighted by Crippen LogP contribution is -2.19. The lowest BCUT2D eigenvalue weighted by molar-refractivity contribution is -0.345. The molecule has 3 aromatic carbocycles. The Balaban J connectivity index is 2.45. The first-order valence-corrected chi connectivity index (χ1v) is 10.0. The minimum Gasteiger partial charge on any atom is -0.262 e. The average molecular weight is 521 g/mol. The summed E-state index contributed by atoms with van der Waals surface area (Å²) in [5.41, 5.74) is -6.86. The van der Waals surface area contributed by atoms with Crippen LogP contribution in [0.4, 0.5) is 44.7 Å². The first-order valence-electron chi connectivity index (χ1n) is 10.0. The van der Waals surface area contributed by atoms with Crippen molar-refractivity contribution in [1.82, 2.24) is 0 Å². The van der Waals surface area contributed by atoms with Crippen LogP contribution >= 0.6 is 0 Å². The topological polar surface area (TPSA) is 111 Å². The molecule has 0 radical (unpaired) electrons. The molecule has 0 aromatic heterocycles. The van der Waals surface area contributed by atoms with Crippen molar-refractivity contribution in [3.05, 3.63) is 103 Å². The van der Waals surface area contributed by atoms with E-state index in [0.29, 0.717) is 0 Å². The summed E-state index contributed by atoms with van der Waals surface area (Å²) in [6.07, 6.45) is 1.29. The van der Waals surface area contributed by atoms with E-state index in [1.807, 2.05) is 0 Å². The van der Waals surface area contributed by atoms with Crippen molar-refractivity contribution in [2.24, 2.45) is 0 Å². The fourth-order valence-corrected chi connectivity index (χ4v) is 4.21. The molecule has 1 aliphatic rings. The van der Waals surface area contributed by atoms with Crippen LogP contribution < -0.4 is 0 Å². The Bertz CT molecular complexity index is 1920. The predicted molar refractivity (Wildman–Crippen MR) is 120 cm³/mol. The SMILES string of the molecule is [C-]#[N+]c1cc2c(c([N+]#[C-])c1[N+]#[C-])C(=[N+](C#N)c1c(F)c(F)c(F)c(F)c1F)c1c-2cc(C#N)c(C#N)c1C#N. The largest absolute Gasteiger partial charge is 0.465 e. The Labute approximate surface area is 215 Å². The van der Waals surface area contributed by atoms with E-state index < -0.39 is 74.1 Å². The zero-order valence-electron chi connectivity index (χ0n) is 18.6. The van der Waals surface area contributed by atoms with Gasteiger partial charge in [0.25, 0.3) is 0 Å². The first-order chi connectivity index (χ1) is 18.7. The molecule has 3 aromatic rings. The van der Waals surface area contributed by atoms with Gasteiger partial charge >= 0.3 is 6.19 Å². The number of nitriles is 4. The van der Waals surface area contributed by atoms with Crippen molar-refractivity contribution in [2.75, 3.05) is 0 Å². The van der Waals surface area contributed by atoms with Crippen LogP contribution in [0.25, 0.3) is 25.7 Å². The van der Waals surface area contributed by atoms with E-state index in [0.717, 1.165) is 12.1 Å². The van der Waals surface area contributed by atoms with Crippen LogP contribution in [0.3, 0.4) is 0 Å². The second-order valence-corrected chi connectivity index (χ2v) is 7.49. The summed E-state index contributed by atoms with van der Waals surface area (Å²) >= 11 is 0. The second kappa shape index (κ2) is 9.13. The molecule has 0 atom stereocenters. The molecule has 0 N–H and O–H groups in total. The molecule has 13 heteroatoms. The van der Waals surface area contributed by atoms with Gasteiger partial charge in [-0.2, -0.15) is 24.6 Å². The van der Waals surface area contributed by atoms with Gasteiger partial charge in [0, 0.05) is 11.1 Å². The maximum Gasteiger partial charge on any atom is 0.465 e. The van der Waals surface area contributed by atoms with E-state index in [2.05, 4.69) is 14.5 Å². The summed E-state index contributed by atoms with van der Waals surface area (Å²) < 4.78 is 71.8. The summed E-state index contributed by atoms with van der Waals surface area (Å²) in [6.45, 7) is 22.5.